The van der Waals surface area contributed by atoms with Crippen molar-refractivity contribution in [2.45, 2.75) is 18.9 Å². The Morgan fingerprint density at radius 2 is 1.69 bits per heavy atom. The van der Waals surface area contributed by atoms with Crippen molar-refractivity contribution in [1.82, 2.24) is 9.80 Å². The maximum atomic E-state index is 14.0. The Bertz CT molecular complexity index is 941. The zero-order valence-corrected chi connectivity index (χ0v) is 16.3. The van der Waals surface area contributed by atoms with Gasteiger partial charge in [0.05, 0.1) is 16.3 Å². The molecule has 2 heterocycles. The standard InChI is InChI=1S/C21H19ClFN3O3/c22-16-7-4-8-17(23)19(16)20(28)24-11-9-14(10-12-24)25-13-18(27)26(21(25)29)15-5-2-1-3-6-15/h1-8,14H,9-13H2. The summed E-state index contributed by atoms with van der Waals surface area (Å²) in [6.45, 7) is 0.737. The monoisotopic (exact) mass is 415 g/mol. The summed E-state index contributed by atoms with van der Waals surface area (Å²) in [5, 5.41) is 0.0796. The highest BCUT2D eigenvalue weighted by Crippen LogP contribution is 2.28. The van der Waals surface area contributed by atoms with Crippen LogP contribution in [0.1, 0.15) is 23.2 Å². The van der Waals surface area contributed by atoms with Crippen molar-refractivity contribution in [3.05, 3.63) is 64.9 Å². The third kappa shape index (κ3) is 3.58. The maximum absolute atomic E-state index is 14.0. The molecule has 29 heavy (non-hydrogen) atoms. The number of hydrogen-bond acceptors (Lipinski definition) is 3. The maximum Gasteiger partial charge on any atom is 0.332 e. The Morgan fingerprint density at radius 1 is 1.00 bits per heavy atom. The molecular formula is C21H19ClFN3O3. The van der Waals surface area contributed by atoms with Gasteiger partial charge in [-0.3, -0.25) is 9.59 Å². The smallest absolute Gasteiger partial charge is 0.332 e. The van der Waals surface area contributed by atoms with Gasteiger partial charge in [0.2, 0.25) is 0 Å². The molecule has 0 aromatic heterocycles. The van der Waals surface area contributed by atoms with E-state index in [0.717, 1.165) is 0 Å². The summed E-state index contributed by atoms with van der Waals surface area (Å²) in [4.78, 5) is 42.2. The van der Waals surface area contributed by atoms with E-state index in [2.05, 4.69) is 0 Å². The molecule has 6 nitrogen and oxygen atoms in total. The molecule has 0 atom stereocenters. The average Bonchev–Trinajstić information content (AvgIpc) is 3.02. The fraction of sp³-hybridized carbons (Fsp3) is 0.286. The van der Waals surface area contributed by atoms with Crippen LogP contribution in [-0.2, 0) is 4.79 Å². The minimum atomic E-state index is -0.650. The number of benzene rings is 2. The number of imide groups is 1. The van der Waals surface area contributed by atoms with Crippen LogP contribution < -0.4 is 4.90 Å². The lowest BCUT2D eigenvalue weighted by Crippen LogP contribution is -2.48. The zero-order chi connectivity index (χ0) is 20.5. The van der Waals surface area contributed by atoms with E-state index in [1.54, 1.807) is 29.2 Å². The SMILES string of the molecule is O=C(c1c(F)cccc1Cl)N1CCC(N2CC(=O)N(c3ccccc3)C2=O)CC1. The molecule has 8 heteroatoms. The van der Waals surface area contributed by atoms with E-state index < -0.39 is 11.7 Å². The number of halogens is 2. The number of hydrogen-bond donors (Lipinski definition) is 0. The quantitative estimate of drug-likeness (QED) is 0.720. The number of rotatable bonds is 3. The summed E-state index contributed by atoms with van der Waals surface area (Å²) < 4.78 is 14.0. The lowest BCUT2D eigenvalue weighted by molar-refractivity contribution is -0.116. The first-order valence-electron chi connectivity index (χ1n) is 9.39. The van der Waals surface area contributed by atoms with E-state index in [1.165, 1.54) is 28.0 Å². The number of para-hydroxylation sites is 1. The fourth-order valence-corrected chi connectivity index (χ4v) is 4.12. The van der Waals surface area contributed by atoms with Crippen molar-refractivity contribution in [3.8, 4) is 0 Å². The van der Waals surface area contributed by atoms with Crippen LogP contribution in [0.25, 0.3) is 0 Å². The normalized spacial score (nSPS) is 17.9. The largest absolute Gasteiger partial charge is 0.338 e. The van der Waals surface area contributed by atoms with E-state index in [9.17, 15) is 18.8 Å². The molecule has 2 aromatic carbocycles. The number of piperidine rings is 1. The van der Waals surface area contributed by atoms with Crippen molar-refractivity contribution in [2.24, 2.45) is 0 Å². The molecule has 0 radical (unpaired) electrons. The van der Waals surface area contributed by atoms with E-state index >= 15 is 0 Å². The first-order valence-corrected chi connectivity index (χ1v) is 9.77. The van der Waals surface area contributed by atoms with Crippen LogP contribution in [0.2, 0.25) is 5.02 Å². The molecule has 0 spiro atoms. The average molecular weight is 416 g/mol. The molecule has 150 valence electrons. The highest BCUT2D eigenvalue weighted by molar-refractivity contribution is 6.33. The number of nitrogens with zero attached hydrogens (tertiary/aromatic N) is 3. The van der Waals surface area contributed by atoms with E-state index in [-0.39, 0.29) is 35.1 Å². The lowest BCUT2D eigenvalue weighted by Gasteiger charge is -2.36. The molecule has 0 unspecified atom stereocenters. The van der Waals surface area contributed by atoms with Crippen LogP contribution in [0.15, 0.2) is 48.5 Å². The van der Waals surface area contributed by atoms with E-state index in [4.69, 9.17) is 11.6 Å². The van der Waals surface area contributed by atoms with Gasteiger partial charge in [-0.25, -0.2) is 14.1 Å². The van der Waals surface area contributed by atoms with Gasteiger partial charge in [0.15, 0.2) is 0 Å². The molecule has 2 aliphatic rings. The van der Waals surface area contributed by atoms with Gasteiger partial charge in [0.1, 0.15) is 12.4 Å². The number of carbonyl (C=O) groups is 3. The third-order valence-corrected chi connectivity index (χ3v) is 5.69. The molecule has 2 fully saturated rings. The lowest BCUT2D eigenvalue weighted by atomic mass is 10.0. The summed E-state index contributed by atoms with van der Waals surface area (Å²) in [5.74, 6) is -1.37. The van der Waals surface area contributed by atoms with Gasteiger partial charge in [-0.2, -0.15) is 0 Å². The molecule has 2 aliphatic heterocycles. The molecule has 0 N–H and O–H groups in total. The Balaban J connectivity index is 1.43. The summed E-state index contributed by atoms with van der Waals surface area (Å²) in [7, 11) is 0. The molecule has 0 aliphatic carbocycles. The Hall–Kier alpha value is -2.93. The minimum Gasteiger partial charge on any atom is -0.338 e. The van der Waals surface area contributed by atoms with Gasteiger partial charge in [-0.15, -0.1) is 0 Å². The summed E-state index contributed by atoms with van der Waals surface area (Å²) in [5.41, 5.74) is 0.419. The van der Waals surface area contributed by atoms with Crippen molar-refractivity contribution < 1.29 is 18.8 Å². The molecule has 4 rings (SSSR count). The molecule has 2 aromatic rings. The van der Waals surface area contributed by atoms with Crippen molar-refractivity contribution in [2.75, 3.05) is 24.5 Å². The highest BCUT2D eigenvalue weighted by atomic mass is 35.5. The highest BCUT2D eigenvalue weighted by Gasteiger charge is 2.42. The second-order valence-corrected chi connectivity index (χ2v) is 7.50. The van der Waals surface area contributed by atoms with Gasteiger partial charge in [0.25, 0.3) is 11.8 Å². The minimum absolute atomic E-state index is 0.0193. The van der Waals surface area contributed by atoms with Crippen LogP contribution in [0.3, 0.4) is 0 Å². The van der Waals surface area contributed by atoms with E-state index in [0.29, 0.717) is 31.6 Å². The zero-order valence-electron chi connectivity index (χ0n) is 15.6. The third-order valence-electron chi connectivity index (χ3n) is 5.38. The van der Waals surface area contributed by atoms with Crippen LogP contribution in [0.4, 0.5) is 14.9 Å². The summed E-state index contributed by atoms with van der Waals surface area (Å²) in [6.07, 6.45) is 1.03. The topological polar surface area (TPSA) is 60.9 Å². The van der Waals surface area contributed by atoms with Gasteiger partial charge in [0, 0.05) is 19.1 Å². The van der Waals surface area contributed by atoms with Crippen LogP contribution in [-0.4, -0.2) is 53.3 Å². The van der Waals surface area contributed by atoms with Gasteiger partial charge >= 0.3 is 6.03 Å². The van der Waals surface area contributed by atoms with E-state index in [1.807, 2.05) is 6.07 Å². The molecule has 0 saturated carbocycles. The van der Waals surface area contributed by atoms with Crippen molar-refractivity contribution in [3.63, 3.8) is 0 Å². The molecule has 4 amide bonds. The van der Waals surface area contributed by atoms with Gasteiger partial charge in [-0.05, 0) is 37.1 Å². The van der Waals surface area contributed by atoms with Crippen molar-refractivity contribution in [1.29, 1.82) is 0 Å². The Kier molecular flexibility index (Phi) is 5.24. The molecule has 2 saturated heterocycles. The summed E-state index contributed by atoms with van der Waals surface area (Å²) >= 11 is 6.00. The van der Waals surface area contributed by atoms with Crippen LogP contribution in [0, 0.1) is 5.82 Å². The van der Waals surface area contributed by atoms with Crippen LogP contribution >= 0.6 is 11.6 Å². The number of urea groups is 1. The molecule has 0 bridgehead atoms. The Labute approximate surface area is 172 Å². The number of anilines is 1. The first-order chi connectivity index (χ1) is 14.0. The first kappa shape index (κ1) is 19.4. The Morgan fingerprint density at radius 3 is 2.34 bits per heavy atom. The molecular weight excluding hydrogens is 397 g/mol. The van der Waals surface area contributed by atoms with Crippen molar-refractivity contribution >= 4 is 35.1 Å². The number of amides is 4. The van der Waals surface area contributed by atoms with Gasteiger partial charge in [-0.1, -0.05) is 35.9 Å². The number of likely N-dealkylation sites (tertiary alicyclic amines) is 1. The second-order valence-electron chi connectivity index (χ2n) is 7.10. The second kappa shape index (κ2) is 7.83. The predicted molar refractivity (Wildman–Crippen MR) is 106 cm³/mol. The summed E-state index contributed by atoms with van der Waals surface area (Å²) in [6, 6.07) is 12.5. The van der Waals surface area contributed by atoms with Crippen LogP contribution in [0.5, 0.6) is 0 Å². The van der Waals surface area contributed by atoms with Gasteiger partial charge < -0.3 is 9.80 Å². The fourth-order valence-electron chi connectivity index (χ4n) is 3.88. The predicted octanol–water partition coefficient (Wildman–Crippen LogP) is 3.55. The number of carbonyl (C=O) groups excluding carboxylic acids is 3.